The summed E-state index contributed by atoms with van der Waals surface area (Å²) in [5, 5.41) is 2.75. The Labute approximate surface area is 176 Å². The average molecular weight is 442 g/mol. The van der Waals surface area contributed by atoms with Crippen LogP contribution >= 0.6 is 0 Å². The van der Waals surface area contributed by atoms with Crippen molar-refractivity contribution in [2.45, 2.75) is 66.5 Å². The van der Waals surface area contributed by atoms with Crippen molar-refractivity contribution < 1.29 is 23.3 Å². The molecular weight excluding hydrogens is 408 g/mol. The summed E-state index contributed by atoms with van der Waals surface area (Å²) in [6.07, 6.45) is 8.37. The van der Waals surface area contributed by atoms with E-state index in [1.54, 1.807) is 23.3 Å². The molecule has 2 aromatic carbocycles. The number of hydrogen-bond donors (Lipinski definition) is 0. The first-order valence-corrected chi connectivity index (χ1v) is 15.5. The van der Waals surface area contributed by atoms with Crippen LogP contribution < -0.4 is 0 Å². The minimum atomic E-state index is 0.210. The van der Waals surface area contributed by atoms with Crippen molar-refractivity contribution in [1.82, 2.24) is 0 Å². The molecule has 0 saturated heterocycles. The van der Waals surface area contributed by atoms with Crippen LogP contribution in [-0.4, -0.2) is 5.43 Å². The Hall–Kier alpha value is -0.590. The molecule has 3 rings (SSSR count). The second-order valence-electron chi connectivity index (χ2n) is 9.07. The van der Waals surface area contributed by atoms with E-state index in [0.29, 0.717) is 5.41 Å². The molecule has 2 aromatic rings. The van der Waals surface area contributed by atoms with Crippen molar-refractivity contribution in [3.05, 3.63) is 65.8 Å². The Morgan fingerprint density at radius 3 is 2.00 bits per heavy atom. The molecule has 0 saturated carbocycles. The molecule has 0 unspecified atom stereocenters. The normalized spacial score (nSPS) is 13.5. The summed E-state index contributed by atoms with van der Waals surface area (Å²) in [5.74, 6) is 0. The van der Waals surface area contributed by atoms with Crippen molar-refractivity contribution in [3.63, 3.8) is 0 Å². The Balaban J connectivity index is 0.000000227. The number of fused-ring (bicyclic) bond motifs is 1. The molecule has 26 heavy (non-hydrogen) atoms. The van der Waals surface area contributed by atoms with E-state index in [2.05, 4.69) is 103 Å². The van der Waals surface area contributed by atoms with Crippen LogP contribution in [0.3, 0.4) is 0 Å². The van der Waals surface area contributed by atoms with Gasteiger partial charge >= 0.3 is 41.9 Å². The van der Waals surface area contributed by atoms with Crippen LogP contribution in [0.1, 0.15) is 53.5 Å². The summed E-state index contributed by atoms with van der Waals surface area (Å²) in [7, 11) is 0. The van der Waals surface area contributed by atoms with Gasteiger partial charge in [0, 0.05) is 0 Å². The minimum absolute atomic E-state index is 0.210. The van der Waals surface area contributed by atoms with Crippen LogP contribution in [0.15, 0.2) is 54.1 Å². The fraction of sp³-hybridized carbons (Fsp3) is 0.458. The quantitative estimate of drug-likeness (QED) is 0.296. The van der Waals surface area contributed by atoms with Crippen LogP contribution in [0.4, 0.5) is 0 Å². The first-order chi connectivity index (χ1) is 11.9. The summed E-state index contributed by atoms with van der Waals surface area (Å²) in [4.78, 5) is 0. The van der Waals surface area contributed by atoms with Crippen LogP contribution in [0.5, 0.6) is 0 Å². The van der Waals surface area contributed by atoms with Crippen LogP contribution in [-0.2, 0) is 28.8 Å². The third kappa shape index (κ3) is 7.97. The molecule has 0 fully saturated rings. The molecule has 0 spiro atoms. The first kappa shape index (κ1) is 23.4. The standard InChI is InChI=1S/C13H15.C9H13.C2H6Si.Zr/c1-13(2,3)12-9-8-10-6-4-5-7-11(10)12;1-9(2,3)8-6-4-5-7-8;1-3-2;/h4-9H,1-3H3;4,6H,7H2,1-3H3;1-2H3;/q2*-1;;+2. The Kier molecular flexibility index (Phi) is 9.10. The second kappa shape index (κ2) is 10.1. The van der Waals surface area contributed by atoms with Gasteiger partial charge in [-0.05, 0) is 5.41 Å². The molecular formula is C24H34SiZr. The van der Waals surface area contributed by atoms with Gasteiger partial charge in [-0.15, -0.1) is 53.1 Å². The molecule has 1 aliphatic rings. The number of hydrogen-bond acceptors (Lipinski definition) is 0. The molecule has 0 aromatic heterocycles. The van der Waals surface area contributed by atoms with E-state index >= 15 is 0 Å². The van der Waals surface area contributed by atoms with Crippen molar-refractivity contribution in [2.75, 3.05) is 0 Å². The molecule has 0 bridgehead atoms. The fourth-order valence-corrected chi connectivity index (χ4v) is 2.71. The van der Waals surface area contributed by atoms with Crippen LogP contribution in [0.2, 0.25) is 13.1 Å². The summed E-state index contributed by atoms with van der Waals surface area (Å²) < 4.78 is 0. The number of rotatable bonds is 0. The van der Waals surface area contributed by atoms with E-state index in [9.17, 15) is 0 Å². The summed E-state index contributed by atoms with van der Waals surface area (Å²) >= 11 is 1.74. The van der Waals surface area contributed by atoms with Gasteiger partial charge in [0.05, 0.1) is 0 Å². The van der Waals surface area contributed by atoms with Crippen LogP contribution in [0.25, 0.3) is 10.8 Å². The SMILES string of the molecule is CC(C)(C)C1=CC=[C-]C1.CC(C)(C)c1c[cH-]c2ccccc12.C[Si](C)=[Zr+2]. The summed E-state index contributed by atoms with van der Waals surface area (Å²) in [5.41, 5.74) is 3.75. The van der Waals surface area contributed by atoms with Gasteiger partial charge in [0.25, 0.3) is 0 Å². The molecule has 0 N–H and O–H groups in total. The van der Waals surface area contributed by atoms with Gasteiger partial charge in [0.15, 0.2) is 0 Å². The Morgan fingerprint density at radius 2 is 1.58 bits per heavy atom. The molecule has 0 heterocycles. The van der Waals surface area contributed by atoms with Gasteiger partial charge in [-0.2, -0.15) is 5.57 Å². The Morgan fingerprint density at radius 1 is 1.00 bits per heavy atom. The average Bonchev–Trinajstić information content (AvgIpc) is 3.16. The van der Waals surface area contributed by atoms with E-state index in [4.69, 9.17) is 0 Å². The molecule has 0 aliphatic heterocycles. The van der Waals surface area contributed by atoms with Crippen molar-refractivity contribution in [1.29, 1.82) is 0 Å². The second-order valence-corrected chi connectivity index (χ2v) is 18.4. The molecule has 0 amide bonds. The molecule has 0 atom stereocenters. The maximum atomic E-state index is 3.16. The Bertz CT molecular complexity index is 772. The number of benzene rings is 1. The summed E-state index contributed by atoms with van der Waals surface area (Å²) in [6.45, 7) is 18.1. The van der Waals surface area contributed by atoms with Gasteiger partial charge < -0.3 is 0 Å². The predicted octanol–water partition coefficient (Wildman–Crippen LogP) is 7.36. The maximum absolute atomic E-state index is 3.16. The zero-order valence-corrected chi connectivity index (χ0v) is 21.3. The van der Waals surface area contributed by atoms with E-state index in [1.807, 2.05) is 6.08 Å². The van der Waals surface area contributed by atoms with Gasteiger partial charge in [-0.1, -0.05) is 53.0 Å². The predicted molar refractivity (Wildman–Crippen MR) is 116 cm³/mol. The first-order valence-electron chi connectivity index (χ1n) is 9.36. The van der Waals surface area contributed by atoms with Crippen LogP contribution in [0, 0.1) is 11.5 Å². The molecule has 0 radical (unpaired) electrons. The van der Waals surface area contributed by atoms with E-state index in [-0.39, 0.29) is 10.8 Å². The third-order valence-corrected chi connectivity index (χ3v) is 4.15. The summed E-state index contributed by atoms with van der Waals surface area (Å²) in [6, 6.07) is 13.0. The monoisotopic (exact) mass is 440 g/mol. The zero-order valence-electron chi connectivity index (χ0n) is 17.8. The van der Waals surface area contributed by atoms with Crippen molar-refractivity contribution in [3.8, 4) is 0 Å². The molecule has 1 aliphatic carbocycles. The van der Waals surface area contributed by atoms with Gasteiger partial charge in [0.2, 0.25) is 0 Å². The van der Waals surface area contributed by atoms with Gasteiger partial charge in [-0.3, -0.25) is 6.08 Å². The van der Waals surface area contributed by atoms with E-state index in [0.717, 1.165) is 6.42 Å². The van der Waals surface area contributed by atoms with Gasteiger partial charge in [-0.25, -0.2) is 12.2 Å². The zero-order chi connectivity index (χ0) is 20.0. The van der Waals surface area contributed by atoms with Crippen molar-refractivity contribution in [2.24, 2.45) is 5.41 Å². The van der Waals surface area contributed by atoms with E-state index in [1.165, 1.54) is 21.9 Å². The molecule has 138 valence electrons. The number of allylic oxidation sites excluding steroid dienone is 4. The third-order valence-electron chi connectivity index (χ3n) is 4.15. The van der Waals surface area contributed by atoms with E-state index < -0.39 is 0 Å². The topological polar surface area (TPSA) is 0 Å². The molecule has 0 nitrogen and oxygen atoms in total. The van der Waals surface area contributed by atoms with Gasteiger partial charge in [0.1, 0.15) is 0 Å². The van der Waals surface area contributed by atoms with Crippen molar-refractivity contribution >= 4 is 16.2 Å². The molecule has 2 heteroatoms. The fourth-order valence-electron chi connectivity index (χ4n) is 2.71.